The minimum atomic E-state index is -0.465. The highest BCUT2D eigenvalue weighted by atomic mass is 16.5. The van der Waals surface area contributed by atoms with Gasteiger partial charge in [-0.25, -0.2) is 0 Å². The molecule has 0 spiro atoms. The van der Waals surface area contributed by atoms with E-state index in [1.807, 2.05) is 24.3 Å². The van der Waals surface area contributed by atoms with Gasteiger partial charge in [0.25, 0.3) is 0 Å². The Morgan fingerprint density at radius 1 is 0.781 bits per heavy atom. The van der Waals surface area contributed by atoms with Gasteiger partial charge in [0, 0.05) is 6.54 Å². The Balaban J connectivity index is 1.49. The van der Waals surface area contributed by atoms with E-state index in [0.717, 1.165) is 24.4 Å². The lowest BCUT2D eigenvalue weighted by Gasteiger charge is -2.28. The molecule has 1 fully saturated rings. The fourth-order valence-corrected chi connectivity index (χ4v) is 4.44. The summed E-state index contributed by atoms with van der Waals surface area (Å²) in [6.45, 7) is 5.36. The van der Waals surface area contributed by atoms with E-state index in [-0.39, 0.29) is 0 Å². The van der Waals surface area contributed by atoms with Gasteiger partial charge in [0.2, 0.25) is 0 Å². The van der Waals surface area contributed by atoms with Crippen LogP contribution in [0, 0.1) is 0 Å². The molecule has 0 bridgehead atoms. The molecule has 166 valence electrons. The van der Waals surface area contributed by atoms with Crippen molar-refractivity contribution in [3.8, 4) is 5.75 Å². The van der Waals surface area contributed by atoms with E-state index in [2.05, 4.69) is 72.5 Å². The summed E-state index contributed by atoms with van der Waals surface area (Å²) >= 11 is 0. The van der Waals surface area contributed by atoms with Crippen LogP contribution in [0.1, 0.15) is 42.9 Å². The van der Waals surface area contributed by atoms with Gasteiger partial charge in [0.1, 0.15) is 18.5 Å². The van der Waals surface area contributed by atoms with Crippen molar-refractivity contribution in [3.63, 3.8) is 0 Å². The third-order valence-electron chi connectivity index (χ3n) is 6.15. The van der Waals surface area contributed by atoms with Crippen molar-refractivity contribution in [1.29, 1.82) is 0 Å². The summed E-state index contributed by atoms with van der Waals surface area (Å²) in [6.07, 6.45) is 3.30. The number of hydrogen-bond acceptors (Lipinski definition) is 3. The molecule has 0 aliphatic carbocycles. The zero-order chi connectivity index (χ0) is 22.2. The third-order valence-corrected chi connectivity index (χ3v) is 6.15. The molecule has 0 amide bonds. The van der Waals surface area contributed by atoms with Crippen molar-refractivity contribution in [2.24, 2.45) is 0 Å². The van der Waals surface area contributed by atoms with Gasteiger partial charge in [-0.1, -0.05) is 79.2 Å². The number of ether oxygens (including phenoxy) is 1. The maximum Gasteiger partial charge on any atom is 0.119 e. The third kappa shape index (κ3) is 5.87. The first-order valence-electron chi connectivity index (χ1n) is 11.7. The fraction of sp³-hybridized carbons (Fsp3) is 0.310. The van der Waals surface area contributed by atoms with Gasteiger partial charge >= 0.3 is 0 Å². The highest BCUT2D eigenvalue weighted by Gasteiger charge is 2.15. The predicted octanol–water partition coefficient (Wildman–Crippen LogP) is 5.89. The fourth-order valence-electron chi connectivity index (χ4n) is 4.44. The lowest BCUT2D eigenvalue weighted by atomic mass is 9.90. The van der Waals surface area contributed by atoms with Crippen molar-refractivity contribution >= 4 is 11.1 Å². The van der Waals surface area contributed by atoms with Crippen molar-refractivity contribution in [3.05, 3.63) is 102 Å². The Morgan fingerprint density at radius 2 is 1.34 bits per heavy atom. The summed E-state index contributed by atoms with van der Waals surface area (Å²) in [5.74, 6) is 0.788. The number of aliphatic hydroxyl groups excluding tert-OH is 1. The molecule has 32 heavy (non-hydrogen) atoms. The van der Waals surface area contributed by atoms with Gasteiger partial charge in [-0.05, 0) is 72.8 Å². The molecule has 4 rings (SSSR count). The molecule has 0 aromatic heterocycles. The number of hydrogen-bond donors (Lipinski definition) is 1. The minimum absolute atomic E-state index is 0.320. The van der Waals surface area contributed by atoms with Crippen LogP contribution in [0.3, 0.4) is 0 Å². The highest BCUT2D eigenvalue weighted by Crippen LogP contribution is 2.32. The van der Waals surface area contributed by atoms with Gasteiger partial charge in [-0.3, -0.25) is 0 Å². The molecule has 0 saturated carbocycles. The number of nitrogens with zero attached hydrogens (tertiary/aromatic N) is 1. The average Bonchev–Trinajstić information content (AvgIpc) is 2.85. The molecular weight excluding hydrogens is 394 g/mol. The Kier molecular flexibility index (Phi) is 7.76. The number of likely N-dealkylation sites (tertiary alicyclic amines) is 1. The van der Waals surface area contributed by atoms with E-state index >= 15 is 0 Å². The summed E-state index contributed by atoms with van der Waals surface area (Å²) in [5, 5.41) is 10.4. The molecule has 3 aromatic rings. The number of piperidine rings is 1. The van der Waals surface area contributed by atoms with Crippen molar-refractivity contribution < 1.29 is 9.84 Å². The Hall–Kier alpha value is -2.88. The van der Waals surface area contributed by atoms with Gasteiger partial charge < -0.3 is 14.7 Å². The first-order chi connectivity index (χ1) is 15.7. The van der Waals surface area contributed by atoms with Crippen LogP contribution in [0.4, 0.5) is 0 Å². The molecule has 3 nitrogen and oxygen atoms in total. The van der Waals surface area contributed by atoms with Crippen LogP contribution in [0.2, 0.25) is 0 Å². The molecule has 3 heteroatoms. The second kappa shape index (κ2) is 11.1. The molecule has 1 aliphatic heterocycles. The normalized spacial score (nSPS) is 16.3. The maximum atomic E-state index is 10.4. The standard InChI is InChI=1S/C29H33NO2/c1-23(24-11-5-2-6-12-24)29(25-13-7-3-8-14-25)26-15-17-28(18-16-26)32-22-27(31)21-30-19-9-4-10-20-30/h2-3,5-8,11-18,27,31H,4,9-10,19-22H2,1H3/b29-23+. The molecule has 3 aromatic carbocycles. The van der Waals surface area contributed by atoms with E-state index in [9.17, 15) is 5.11 Å². The first kappa shape index (κ1) is 22.3. The summed E-state index contributed by atoms with van der Waals surface area (Å²) in [7, 11) is 0. The molecule has 1 aliphatic rings. The summed E-state index contributed by atoms with van der Waals surface area (Å²) in [6, 6.07) is 29.3. The second-order valence-electron chi connectivity index (χ2n) is 8.58. The van der Waals surface area contributed by atoms with Gasteiger partial charge in [0.05, 0.1) is 0 Å². The number of aliphatic hydroxyl groups is 1. The van der Waals surface area contributed by atoms with Crippen LogP contribution in [-0.4, -0.2) is 42.4 Å². The van der Waals surface area contributed by atoms with Gasteiger partial charge in [-0.15, -0.1) is 0 Å². The van der Waals surface area contributed by atoms with Crippen molar-refractivity contribution in [1.82, 2.24) is 4.90 Å². The topological polar surface area (TPSA) is 32.7 Å². The molecule has 1 saturated heterocycles. The number of β-amino-alcohol motifs (C(OH)–C–C–N with tert-alkyl or cyclic N) is 1. The maximum absolute atomic E-state index is 10.4. The number of allylic oxidation sites excluding steroid dienone is 1. The van der Waals surface area contributed by atoms with Crippen LogP contribution in [0.15, 0.2) is 84.9 Å². The summed E-state index contributed by atoms with van der Waals surface area (Å²) in [5.41, 5.74) is 6.02. The van der Waals surface area contributed by atoms with Crippen LogP contribution < -0.4 is 4.74 Å². The van der Waals surface area contributed by atoms with Crippen molar-refractivity contribution in [2.45, 2.75) is 32.3 Å². The van der Waals surface area contributed by atoms with Gasteiger partial charge in [0.15, 0.2) is 0 Å². The van der Waals surface area contributed by atoms with Crippen LogP contribution in [0.5, 0.6) is 5.75 Å². The van der Waals surface area contributed by atoms with E-state index in [1.165, 1.54) is 41.5 Å². The lowest BCUT2D eigenvalue weighted by Crippen LogP contribution is -2.38. The van der Waals surface area contributed by atoms with E-state index in [4.69, 9.17) is 4.74 Å². The largest absolute Gasteiger partial charge is 0.491 e. The Labute approximate surface area is 192 Å². The van der Waals surface area contributed by atoms with E-state index in [0.29, 0.717) is 13.2 Å². The Bertz CT molecular complexity index is 990. The highest BCUT2D eigenvalue weighted by molar-refractivity contribution is 5.97. The smallest absolute Gasteiger partial charge is 0.119 e. The van der Waals surface area contributed by atoms with Gasteiger partial charge in [-0.2, -0.15) is 0 Å². The van der Waals surface area contributed by atoms with Crippen LogP contribution in [-0.2, 0) is 0 Å². The first-order valence-corrected chi connectivity index (χ1v) is 11.7. The quantitative estimate of drug-likeness (QED) is 0.455. The van der Waals surface area contributed by atoms with Crippen LogP contribution in [0.25, 0.3) is 11.1 Å². The van der Waals surface area contributed by atoms with E-state index < -0.39 is 6.10 Å². The Morgan fingerprint density at radius 3 is 1.97 bits per heavy atom. The van der Waals surface area contributed by atoms with E-state index in [1.54, 1.807) is 0 Å². The predicted molar refractivity (Wildman–Crippen MR) is 133 cm³/mol. The molecule has 1 heterocycles. The zero-order valence-corrected chi connectivity index (χ0v) is 18.9. The minimum Gasteiger partial charge on any atom is -0.491 e. The summed E-state index contributed by atoms with van der Waals surface area (Å²) < 4.78 is 5.90. The van der Waals surface area contributed by atoms with Crippen LogP contribution >= 0.6 is 0 Å². The molecule has 1 N–H and O–H groups in total. The second-order valence-corrected chi connectivity index (χ2v) is 8.58. The average molecular weight is 428 g/mol. The molecule has 1 unspecified atom stereocenters. The SMILES string of the molecule is C/C(=C(/c1ccccc1)c1ccc(OCC(O)CN2CCCCC2)cc1)c1ccccc1. The number of benzene rings is 3. The zero-order valence-electron chi connectivity index (χ0n) is 18.9. The summed E-state index contributed by atoms with van der Waals surface area (Å²) in [4.78, 5) is 2.34. The van der Waals surface area contributed by atoms with Crippen molar-refractivity contribution in [2.75, 3.05) is 26.2 Å². The number of rotatable bonds is 8. The lowest BCUT2D eigenvalue weighted by molar-refractivity contribution is 0.0617. The molecular formula is C29H33NO2. The monoisotopic (exact) mass is 427 g/mol. The molecule has 0 radical (unpaired) electrons. The molecule has 1 atom stereocenters.